The third kappa shape index (κ3) is 7.71. The lowest BCUT2D eigenvalue weighted by molar-refractivity contribution is -0.137. The SMILES string of the molecule is Cc1ccc(-c2ccc3c(c2)c2cc(-c4ccc(C)cc4)ccc2n3-c2cc(C#N)cc(-n3c4ccc(-c5ccc(C)cc5)cc4c4cc(-c5ccc(C)cc5)ccc43)c2-c2cccc(C(F)(F)F)c2)cc1. The molecule has 2 heterocycles. The van der Waals surface area contributed by atoms with E-state index in [-0.39, 0.29) is 0 Å². The van der Waals surface area contributed by atoms with E-state index in [9.17, 15) is 18.4 Å². The van der Waals surface area contributed by atoms with Crippen LogP contribution in [0.4, 0.5) is 13.2 Å². The number of hydrogen-bond acceptors (Lipinski definition) is 1. The third-order valence-electron chi connectivity index (χ3n) is 14.3. The number of benzene rings is 10. The fourth-order valence-electron chi connectivity index (χ4n) is 10.4. The minimum atomic E-state index is -4.61. The summed E-state index contributed by atoms with van der Waals surface area (Å²) in [7, 11) is 0. The van der Waals surface area contributed by atoms with Crippen molar-refractivity contribution in [3.8, 4) is 73.1 Å². The van der Waals surface area contributed by atoms with E-state index in [1.807, 2.05) is 12.1 Å². The van der Waals surface area contributed by atoms with Gasteiger partial charge >= 0.3 is 6.18 Å². The smallest absolute Gasteiger partial charge is 0.308 e. The number of rotatable bonds is 7. The number of aromatic nitrogens is 2. The summed E-state index contributed by atoms with van der Waals surface area (Å²) in [4.78, 5) is 0. The maximum absolute atomic E-state index is 14.9. The molecule has 6 heteroatoms. The molecule has 0 radical (unpaired) electrons. The molecule has 72 heavy (non-hydrogen) atoms. The summed E-state index contributed by atoms with van der Waals surface area (Å²) in [5.74, 6) is 0. The van der Waals surface area contributed by atoms with Gasteiger partial charge in [-0.1, -0.05) is 156 Å². The molecule has 12 rings (SSSR count). The Morgan fingerprint density at radius 2 is 0.653 bits per heavy atom. The van der Waals surface area contributed by atoms with Crippen molar-refractivity contribution in [3.63, 3.8) is 0 Å². The van der Waals surface area contributed by atoms with E-state index in [4.69, 9.17) is 0 Å². The second-order valence-electron chi connectivity index (χ2n) is 19.1. The highest BCUT2D eigenvalue weighted by atomic mass is 19.4. The van der Waals surface area contributed by atoms with E-state index in [1.165, 1.54) is 12.1 Å². The fraction of sp³-hybridized carbons (Fsp3) is 0.0758. The molecule has 0 amide bonds. The summed E-state index contributed by atoms with van der Waals surface area (Å²) in [6, 6.07) is 71.2. The minimum Gasteiger partial charge on any atom is -0.308 e. The van der Waals surface area contributed by atoms with Crippen molar-refractivity contribution in [2.75, 3.05) is 0 Å². The average molecular weight is 938 g/mol. The van der Waals surface area contributed by atoms with Gasteiger partial charge in [0.05, 0.1) is 50.6 Å². The quantitative estimate of drug-likeness (QED) is 0.157. The first-order valence-electron chi connectivity index (χ1n) is 24.1. The van der Waals surface area contributed by atoms with Crippen molar-refractivity contribution in [2.24, 2.45) is 0 Å². The Labute approximate surface area is 415 Å². The summed E-state index contributed by atoms with van der Waals surface area (Å²) in [5.41, 5.74) is 18.1. The molecule has 0 fully saturated rings. The number of halogens is 3. The van der Waals surface area contributed by atoms with Crippen LogP contribution in [0.15, 0.2) is 206 Å². The molecule has 346 valence electrons. The highest BCUT2D eigenvalue weighted by Crippen LogP contribution is 2.46. The summed E-state index contributed by atoms with van der Waals surface area (Å²) >= 11 is 0. The van der Waals surface area contributed by atoms with Crippen LogP contribution in [0.3, 0.4) is 0 Å². The van der Waals surface area contributed by atoms with E-state index in [2.05, 4.69) is 213 Å². The molecule has 0 aliphatic carbocycles. The molecule has 0 unspecified atom stereocenters. The Hall–Kier alpha value is -8.92. The lowest BCUT2D eigenvalue weighted by Gasteiger charge is -2.21. The average Bonchev–Trinajstić information content (AvgIpc) is 3.90. The second kappa shape index (κ2) is 17.2. The van der Waals surface area contributed by atoms with Gasteiger partial charge in [-0.2, -0.15) is 18.4 Å². The molecular weight excluding hydrogens is 892 g/mol. The van der Waals surface area contributed by atoms with Crippen LogP contribution in [0.1, 0.15) is 33.4 Å². The number of alkyl halides is 3. The van der Waals surface area contributed by atoms with Gasteiger partial charge in [-0.3, -0.25) is 0 Å². The summed E-state index contributed by atoms with van der Waals surface area (Å²) in [6.45, 7) is 8.29. The molecule has 0 bridgehead atoms. The van der Waals surface area contributed by atoms with Gasteiger partial charge in [-0.05, 0) is 151 Å². The molecule has 12 aromatic rings. The lowest BCUT2D eigenvalue weighted by atomic mass is 9.96. The molecule has 0 spiro atoms. The van der Waals surface area contributed by atoms with Crippen LogP contribution in [-0.4, -0.2) is 9.13 Å². The zero-order chi connectivity index (χ0) is 49.4. The number of aryl methyl sites for hydroxylation is 4. The topological polar surface area (TPSA) is 33.6 Å². The Bertz CT molecular complexity index is 3710. The van der Waals surface area contributed by atoms with Gasteiger partial charge in [0.15, 0.2) is 0 Å². The van der Waals surface area contributed by atoms with E-state index >= 15 is 0 Å². The van der Waals surface area contributed by atoms with Crippen molar-refractivity contribution >= 4 is 43.6 Å². The standard InChI is InChI=1S/C66H46F3N3/c1-40-8-16-45(17-9-40)49-24-28-59-55(35-49)56-36-50(46-18-10-41(2)11-19-46)25-29-60(56)71(59)63-32-44(39-70)33-64(65(63)53-6-5-7-54(34-53)66(67,68)69)72-61-30-26-51(47-20-12-42(3)13-21-47)37-57(61)58-38-52(27-31-62(58)72)48-22-14-43(4)15-23-48/h5-38H,1-4H3. The molecule has 0 atom stereocenters. The molecule has 3 nitrogen and oxygen atoms in total. The van der Waals surface area contributed by atoms with Crippen molar-refractivity contribution < 1.29 is 13.2 Å². The summed E-state index contributed by atoms with van der Waals surface area (Å²) in [6.07, 6.45) is -4.61. The molecule has 0 N–H and O–H groups in total. The zero-order valence-electron chi connectivity index (χ0n) is 40.1. The highest BCUT2D eigenvalue weighted by Gasteiger charge is 2.32. The van der Waals surface area contributed by atoms with Gasteiger partial charge in [0.2, 0.25) is 0 Å². The first-order chi connectivity index (χ1) is 34.9. The van der Waals surface area contributed by atoms with Crippen molar-refractivity contribution in [1.29, 1.82) is 5.26 Å². The van der Waals surface area contributed by atoms with Gasteiger partial charge in [-0.25, -0.2) is 0 Å². The first-order valence-corrected chi connectivity index (χ1v) is 24.1. The largest absolute Gasteiger partial charge is 0.416 e. The lowest BCUT2D eigenvalue weighted by Crippen LogP contribution is -2.07. The number of nitriles is 1. The fourth-order valence-corrected chi connectivity index (χ4v) is 10.4. The second-order valence-corrected chi connectivity index (χ2v) is 19.1. The van der Waals surface area contributed by atoms with Gasteiger partial charge in [-0.15, -0.1) is 0 Å². The van der Waals surface area contributed by atoms with Crippen LogP contribution >= 0.6 is 0 Å². The highest BCUT2D eigenvalue weighted by molar-refractivity contribution is 6.14. The van der Waals surface area contributed by atoms with E-state index < -0.39 is 11.7 Å². The van der Waals surface area contributed by atoms with Crippen LogP contribution in [0.25, 0.3) is 111 Å². The predicted molar refractivity (Wildman–Crippen MR) is 291 cm³/mol. The van der Waals surface area contributed by atoms with Crippen molar-refractivity contribution in [2.45, 2.75) is 33.9 Å². The number of fused-ring (bicyclic) bond motifs is 6. The van der Waals surface area contributed by atoms with Crippen molar-refractivity contribution in [1.82, 2.24) is 9.13 Å². The van der Waals surface area contributed by atoms with E-state index in [1.54, 1.807) is 6.07 Å². The number of nitrogens with zero attached hydrogens (tertiary/aromatic N) is 3. The van der Waals surface area contributed by atoms with Gasteiger partial charge in [0, 0.05) is 27.1 Å². The van der Waals surface area contributed by atoms with Gasteiger partial charge in [0.25, 0.3) is 0 Å². The molecule has 2 aromatic heterocycles. The Morgan fingerprint density at radius 3 is 0.944 bits per heavy atom. The molecular formula is C66H46F3N3. The van der Waals surface area contributed by atoms with Crippen LogP contribution in [0.5, 0.6) is 0 Å². The van der Waals surface area contributed by atoms with Crippen LogP contribution < -0.4 is 0 Å². The summed E-state index contributed by atoms with van der Waals surface area (Å²) in [5, 5.41) is 14.9. The summed E-state index contributed by atoms with van der Waals surface area (Å²) < 4.78 is 49.1. The van der Waals surface area contributed by atoms with Gasteiger partial charge < -0.3 is 9.13 Å². The molecule has 0 saturated carbocycles. The first kappa shape index (κ1) is 44.3. The van der Waals surface area contributed by atoms with E-state index in [0.717, 1.165) is 116 Å². The predicted octanol–water partition coefficient (Wildman–Crippen LogP) is 18.3. The zero-order valence-corrected chi connectivity index (χ0v) is 40.1. The maximum atomic E-state index is 14.9. The Balaban J connectivity index is 1.20. The van der Waals surface area contributed by atoms with E-state index in [0.29, 0.717) is 28.1 Å². The van der Waals surface area contributed by atoms with Crippen LogP contribution in [0.2, 0.25) is 0 Å². The monoisotopic (exact) mass is 937 g/mol. The van der Waals surface area contributed by atoms with Gasteiger partial charge in [0.1, 0.15) is 0 Å². The maximum Gasteiger partial charge on any atom is 0.416 e. The van der Waals surface area contributed by atoms with Crippen LogP contribution in [0, 0.1) is 39.0 Å². The van der Waals surface area contributed by atoms with Crippen LogP contribution in [-0.2, 0) is 6.18 Å². The van der Waals surface area contributed by atoms with Crippen molar-refractivity contribution in [3.05, 3.63) is 240 Å². The minimum absolute atomic E-state index is 0.362. The molecule has 10 aromatic carbocycles. The molecule has 0 aliphatic rings. The third-order valence-corrected chi connectivity index (χ3v) is 14.3. The number of hydrogen-bond donors (Lipinski definition) is 0. The Kier molecular flexibility index (Phi) is 10.6. The molecule has 0 saturated heterocycles. The Morgan fingerprint density at radius 1 is 0.347 bits per heavy atom. The molecule has 0 aliphatic heterocycles. The normalized spacial score (nSPS) is 11.8.